The van der Waals surface area contributed by atoms with E-state index in [1.807, 2.05) is 30.3 Å². The molecule has 0 N–H and O–H groups in total. The molecule has 2 aromatic rings. The van der Waals surface area contributed by atoms with E-state index >= 15 is 0 Å². The number of aryl methyl sites for hydroxylation is 1. The van der Waals surface area contributed by atoms with Crippen LogP contribution < -0.4 is 0 Å². The molecule has 1 atom stereocenters. The molecule has 8 heteroatoms. The van der Waals surface area contributed by atoms with Gasteiger partial charge in [0.2, 0.25) is 0 Å². The van der Waals surface area contributed by atoms with Crippen molar-refractivity contribution in [2.75, 3.05) is 6.61 Å². The highest BCUT2D eigenvalue weighted by molar-refractivity contribution is 7.99. The van der Waals surface area contributed by atoms with E-state index in [9.17, 15) is 14.9 Å². The van der Waals surface area contributed by atoms with Crippen LogP contribution >= 0.6 is 11.8 Å². The number of carbonyl (C=O) groups is 1. The Balaban J connectivity index is 1.78. The number of imidazole rings is 1. The Hall–Kier alpha value is -2.35. The van der Waals surface area contributed by atoms with E-state index in [-0.39, 0.29) is 30.2 Å². The lowest BCUT2D eigenvalue weighted by Gasteiger charge is -2.11. The molecular weight excluding hydrogens is 330 g/mol. The SMILES string of the molecule is Cc1ncc([N+](=O)[O-])n1CCOC(=O)C(C)SCc1ccccc1. The first-order valence-electron chi connectivity index (χ1n) is 7.47. The van der Waals surface area contributed by atoms with Gasteiger partial charge in [0.05, 0.1) is 5.25 Å². The standard InChI is InChI=1S/C16H19N3O4S/c1-12(24-11-14-6-4-3-5-7-14)16(20)23-9-8-18-13(2)17-10-15(18)19(21)22/h3-7,10,12H,8-9,11H2,1-2H3. The predicted molar refractivity (Wildman–Crippen MR) is 91.8 cm³/mol. The largest absolute Gasteiger partial charge is 0.461 e. The maximum Gasteiger partial charge on any atom is 0.342 e. The number of aromatic nitrogens is 2. The van der Waals surface area contributed by atoms with Crippen LogP contribution in [0.1, 0.15) is 18.3 Å². The normalized spacial score (nSPS) is 11.9. The highest BCUT2D eigenvalue weighted by Crippen LogP contribution is 2.19. The van der Waals surface area contributed by atoms with Crippen molar-refractivity contribution in [1.82, 2.24) is 9.55 Å². The van der Waals surface area contributed by atoms with Gasteiger partial charge in [-0.1, -0.05) is 30.3 Å². The van der Waals surface area contributed by atoms with Gasteiger partial charge in [0, 0.05) is 12.7 Å². The Morgan fingerprint density at radius 2 is 2.12 bits per heavy atom. The lowest BCUT2D eigenvalue weighted by atomic mass is 10.2. The zero-order valence-electron chi connectivity index (χ0n) is 13.5. The van der Waals surface area contributed by atoms with Gasteiger partial charge < -0.3 is 14.9 Å². The summed E-state index contributed by atoms with van der Waals surface area (Å²) in [5.41, 5.74) is 1.15. The van der Waals surface area contributed by atoms with Crippen LogP contribution in [0.15, 0.2) is 36.5 Å². The minimum Gasteiger partial charge on any atom is -0.461 e. The van der Waals surface area contributed by atoms with Gasteiger partial charge in [-0.15, -0.1) is 11.8 Å². The van der Waals surface area contributed by atoms with Crippen LogP contribution in [0.25, 0.3) is 0 Å². The van der Waals surface area contributed by atoms with Crippen molar-refractivity contribution in [3.63, 3.8) is 0 Å². The number of nitro groups is 1. The van der Waals surface area contributed by atoms with Crippen LogP contribution in [0.4, 0.5) is 5.82 Å². The molecule has 0 fully saturated rings. The zero-order valence-corrected chi connectivity index (χ0v) is 14.4. The highest BCUT2D eigenvalue weighted by atomic mass is 32.2. The number of rotatable bonds is 8. The number of carbonyl (C=O) groups excluding carboxylic acids is 1. The van der Waals surface area contributed by atoms with Gasteiger partial charge in [-0.25, -0.2) is 9.55 Å². The Morgan fingerprint density at radius 3 is 2.79 bits per heavy atom. The number of ether oxygens (including phenoxy) is 1. The Kier molecular flexibility index (Phi) is 6.36. The molecule has 1 aromatic carbocycles. The molecule has 0 spiro atoms. The molecule has 2 rings (SSSR count). The third-order valence-corrected chi connectivity index (χ3v) is 4.65. The molecule has 24 heavy (non-hydrogen) atoms. The molecule has 1 heterocycles. The fourth-order valence-electron chi connectivity index (χ4n) is 2.10. The first kappa shape index (κ1) is 18.0. The van der Waals surface area contributed by atoms with Gasteiger partial charge in [-0.3, -0.25) is 4.79 Å². The lowest BCUT2D eigenvalue weighted by molar-refractivity contribution is -0.392. The molecule has 7 nitrogen and oxygen atoms in total. The van der Waals surface area contributed by atoms with Crippen LogP contribution in [0.5, 0.6) is 0 Å². The minimum atomic E-state index is -0.500. The molecule has 0 bridgehead atoms. The summed E-state index contributed by atoms with van der Waals surface area (Å²) in [6.45, 7) is 3.76. The highest BCUT2D eigenvalue weighted by Gasteiger charge is 2.19. The van der Waals surface area contributed by atoms with Gasteiger partial charge in [-0.05, 0) is 17.4 Å². The monoisotopic (exact) mass is 349 g/mol. The summed E-state index contributed by atoms with van der Waals surface area (Å²) in [4.78, 5) is 26.3. The quantitative estimate of drug-likeness (QED) is 0.414. The zero-order chi connectivity index (χ0) is 17.5. The van der Waals surface area contributed by atoms with Crippen molar-refractivity contribution < 1.29 is 14.5 Å². The number of hydrogen-bond acceptors (Lipinski definition) is 6. The van der Waals surface area contributed by atoms with Crippen molar-refractivity contribution in [2.45, 2.75) is 31.4 Å². The summed E-state index contributed by atoms with van der Waals surface area (Å²) in [6, 6.07) is 9.87. The van der Waals surface area contributed by atoms with Crippen LogP contribution in [-0.2, 0) is 21.8 Å². The summed E-state index contributed by atoms with van der Waals surface area (Å²) in [5, 5.41) is 10.6. The van der Waals surface area contributed by atoms with Crippen LogP contribution in [-0.4, -0.2) is 32.3 Å². The van der Waals surface area contributed by atoms with E-state index in [2.05, 4.69) is 4.98 Å². The molecule has 0 radical (unpaired) electrons. The number of nitrogens with zero attached hydrogens (tertiary/aromatic N) is 3. The van der Waals surface area contributed by atoms with Crippen molar-refractivity contribution in [2.24, 2.45) is 0 Å². The molecule has 0 saturated heterocycles. The summed E-state index contributed by atoms with van der Waals surface area (Å²) < 4.78 is 6.65. The fourth-order valence-corrected chi connectivity index (χ4v) is 2.94. The van der Waals surface area contributed by atoms with Crippen LogP contribution in [0.2, 0.25) is 0 Å². The third-order valence-electron chi connectivity index (χ3n) is 3.46. The summed E-state index contributed by atoms with van der Waals surface area (Å²) in [5.74, 6) is 0.819. The maximum absolute atomic E-state index is 12.0. The van der Waals surface area contributed by atoms with Crippen LogP contribution in [0, 0.1) is 17.0 Å². The second-order valence-electron chi connectivity index (χ2n) is 5.18. The molecule has 0 saturated carbocycles. The van der Waals surface area contributed by atoms with E-state index in [0.29, 0.717) is 5.82 Å². The van der Waals surface area contributed by atoms with Gasteiger partial charge in [0.1, 0.15) is 19.3 Å². The Morgan fingerprint density at radius 1 is 1.42 bits per heavy atom. The molecule has 128 valence electrons. The topological polar surface area (TPSA) is 87.3 Å². The van der Waals surface area contributed by atoms with Crippen molar-refractivity contribution in [3.05, 3.63) is 58.0 Å². The van der Waals surface area contributed by atoms with Gasteiger partial charge in [0.25, 0.3) is 0 Å². The molecule has 0 aliphatic rings. The summed E-state index contributed by atoms with van der Waals surface area (Å²) in [7, 11) is 0. The van der Waals surface area contributed by atoms with E-state index in [1.165, 1.54) is 22.5 Å². The average Bonchev–Trinajstić information content (AvgIpc) is 2.94. The molecule has 0 amide bonds. The van der Waals surface area contributed by atoms with E-state index in [1.54, 1.807) is 13.8 Å². The summed E-state index contributed by atoms with van der Waals surface area (Å²) in [6.07, 6.45) is 1.20. The number of thioether (sulfide) groups is 1. The molecule has 1 unspecified atom stereocenters. The molecule has 0 aliphatic carbocycles. The number of benzene rings is 1. The molecule has 1 aromatic heterocycles. The van der Waals surface area contributed by atoms with Crippen LogP contribution in [0.3, 0.4) is 0 Å². The smallest absolute Gasteiger partial charge is 0.342 e. The molecule has 0 aliphatic heterocycles. The van der Waals surface area contributed by atoms with Gasteiger partial charge in [-0.2, -0.15) is 0 Å². The Bertz CT molecular complexity index is 703. The van der Waals surface area contributed by atoms with E-state index in [0.717, 1.165) is 11.3 Å². The minimum absolute atomic E-state index is 0.0765. The van der Waals surface area contributed by atoms with Crippen molar-refractivity contribution in [3.8, 4) is 0 Å². The third kappa shape index (κ3) is 4.82. The second-order valence-corrected chi connectivity index (χ2v) is 6.51. The first-order chi connectivity index (χ1) is 11.5. The summed E-state index contributed by atoms with van der Waals surface area (Å²) >= 11 is 1.49. The maximum atomic E-state index is 12.0. The van der Waals surface area contributed by atoms with E-state index < -0.39 is 4.92 Å². The Labute approximate surface area is 144 Å². The molecular formula is C16H19N3O4S. The first-order valence-corrected chi connectivity index (χ1v) is 8.52. The lowest BCUT2D eigenvalue weighted by Crippen LogP contribution is -2.20. The van der Waals surface area contributed by atoms with Crippen molar-refractivity contribution in [1.29, 1.82) is 0 Å². The number of hydrogen-bond donors (Lipinski definition) is 0. The fraction of sp³-hybridized carbons (Fsp3) is 0.375. The van der Waals surface area contributed by atoms with Gasteiger partial charge in [0.15, 0.2) is 5.82 Å². The van der Waals surface area contributed by atoms with Gasteiger partial charge >= 0.3 is 11.8 Å². The average molecular weight is 349 g/mol. The van der Waals surface area contributed by atoms with E-state index in [4.69, 9.17) is 4.74 Å². The number of esters is 1. The predicted octanol–water partition coefficient (Wildman–Crippen LogP) is 2.96. The van der Waals surface area contributed by atoms with Crippen molar-refractivity contribution >= 4 is 23.5 Å². The second kappa shape index (κ2) is 8.49.